The van der Waals surface area contributed by atoms with Crippen LogP contribution >= 0.6 is 11.6 Å². The van der Waals surface area contributed by atoms with Crippen LogP contribution in [0.4, 0.5) is 5.69 Å². The smallest absolute Gasteiger partial charge is 0.306 e. The maximum Gasteiger partial charge on any atom is 0.306 e. The van der Waals surface area contributed by atoms with Crippen LogP contribution in [0.5, 0.6) is 0 Å². The number of hydrogen-bond acceptors (Lipinski definition) is 3. The summed E-state index contributed by atoms with van der Waals surface area (Å²) in [5.41, 5.74) is -0.314. The molecule has 0 bridgehead atoms. The van der Waals surface area contributed by atoms with Crippen molar-refractivity contribution in [2.24, 2.45) is 0 Å². The Bertz CT molecular complexity index is 452. The SMILES string of the molecule is O=C(O)CC1(O)CCCN(c2ccccc2Cl)C1. The van der Waals surface area contributed by atoms with Gasteiger partial charge in [-0.3, -0.25) is 4.79 Å². The van der Waals surface area contributed by atoms with Crippen LogP contribution in [0.15, 0.2) is 24.3 Å². The second-order valence-corrected chi connectivity index (χ2v) is 5.18. The zero-order valence-corrected chi connectivity index (χ0v) is 10.7. The first-order valence-electron chi connectivity index (χ1n) is 5.94. The van der Waals surface area contributed by atoms with Gasteiger partial charge in [-0.05, 0) is 25.0 Å². The van der Waals surface area contributed by atoms with Crippen LogP contribution in [0.3, 0.4) is 0 Å². The zero-order chi connectivity index (χ0) is 13.2. The van der Waals surface area contributed by atoms with Gasteiger partial charge in [0.2, 0.25) is 0 Å². The fourth-order valence-corrected chi connectivity index (χ4v) is 2.71. The molecule has 1 unspecified atom stereocenters. The minimum atomic E-state index is -1.16. The highest BCUT2D eigenvalue weighted by Gasteiger charge is 2.35. The summed E-state index contributed by atoms with van der Waals surface area (Å²) in [6, 6.07) is 7.40. The van der Waals surface area contributed by atoms with Gasteiger partial charge in [0.05, 0.1) is 22.7 Å². The van der Waals surface area contributed by atoms with Crippen molar-refractivity contribution < 1.29 is 15.0 Å². The predicted molar refractivity (Wildman–Crippen MR) is 70.1 cm³/mol. The molecular formula is C13H16ClNO3. The van der Waals surface area contributed by atoms with Gasteiger partial charge in [-0.25, -0.2) is 0 Å². The maximum absolute atomic E-state index is 10.8. The number of carboxylic acids is 1. The van der Waals surface area contributed by atoms with Crippen molar-refractivity contribution >= 4 is 23.3 Å². The Kier molecular flexibility index (Phi) is 3.78. The fraction of sp³-hybridized carbons (Fsp3) is 0.462. The third kappa shape index (κ3) is 2.94. The molecule has 4 nitrogen and oxygen atoms in total. The summed E-state index contributed by atoms with van der Waals surface area (Å²) >= 11 is 6.12. The average Bonchev–Trinajstić information content (AvgIpc) is 2.27. The van der Waals surface area contributed by atoms with E-state index in [9.17, 15) is 9.90 Å². The van der Waals surface area contributed by atoms with E-state index in [4.69, 9.17) is 16.7 Å². The van der Waals surface area contributed by atoms with E-state index in [0.29, 0.717) is 18.0 Å². The molecular weight excluding hydrogens is 254 g/mol. The number of aliphatic hydroxyl groups is 1. The van der Waals surface area contributed by atoms with E-state index in [-0.39, 0.29) is 6.42 Å². The number of carbonyl (C=O) groups is 1. The summed E-state index contributed by atoms with van der Waals surface area (Å²) in [6.45, 7) is 1.09. The Labute approximate surface area is 111 Å². The Morgan fingerprint density at radius 2 is 2.17 bits per heavy atom. The van der Waals surface area contributed by atoms with Crippen LogP contribution in [-0.2, 0) is 4.79 Å². The van der Waals surface area contributed by atoms with Gasteiger partial charge < -0.3 is 15.1 Å². The number of β-amino-alcohol motifs (C(OH)–C–C–N with tert-alkyl or cyclic N) is 1. The lowest BCUT2D eigenvalue weighted by molar-refractivity contribution is -0.142. The topological polar surface area (TPSA) is 60.8 Å². The quantitative estimate of drug-likeness (QED) is 0.883. The molecule has 0 saturated carbocycles. The zero-order valence-electron chi connectivity index (χ0n) is 9.97. The summed E-state index contributed by atoms with van der Waals surface area (Å²) in [4.78, 5) is 12.7. The highest BCUT2D eigenvalue weighted by molar-refractivity contribution is 6.33. The molecule has 5 heteroatoms. The highest BCUT2D eigenvalue weighted by atomic mass is 35.5. The van der Waals surface area contributed by atoms with Gasteiger partial charge in [0, 0.05) is 13.1 Å². The van der Waals surface area contributed by atoms with Gasteiger partial charge in [-0.15, -0.1) is 0 Å². The first-order valence-corrected chi connectivity index (χ1v) is 6.32. The molecule has 0 aromatic heterocycles. The molecule has 1 saturated heterocycles. The number of nitrogens with zero attached hydrogens (tertiary/aromatic N) is 1. The molecule has 1 fully saturated rings. The van der Waals surface area contributed by atoms with E-state index < -0.39 is 11.6 Å². The highest BCUT2D eigenvalue weighted by Crippen LogP contribution is 2.32. The van der Waals surface area contributed by atoms with E-state index in [0.717, 1.165) is 18.7 Å². The fourth-order valence-electron chi connectivity index (χ4n) is 2.45. The monoisotopic (exact) mass is 269 g/mol. The Hall–Kier alpha value is -1.26. The van der Waals surface area contributed by atoms with Gasteiger partial charge in [0.25, 0.3) is 0 Å². The summed E-state index contributed by atoms with van der Waals surface area (Å²) in [7, 11) is 0. The molecule has 1 aliphatic heterocycles. The first kappa shape index (κ1) is 13.2. The first-order chi connectivity index (χ1) is 8.50. The van der Waals surface area contributed by atoms with Gasteiger partial charge in [-0.2, -0.15) is 0 Å². The summed E-state index contributed by atoms with van der Waals surface area (Å²) < 4.78 is 0. The molecule has 1 aliphatic rings. The van der Waals surface area contributed by atoms with Gasteiger partial charge >= 0.3 is 5.97 Å². The number of anilines is 1. The van der Waals surface area contributed by atoms with Crippen molar-refractivity contribution in [3.8, 4) is 0 Å². The number of hydrogen-bond donors (Lipinski definition) is 2. The Morgan fingerprint density at radius 3 is 2.83 bits per heavy atom. The van der Waals surface area contributed by atoms with E-state index in [1.807, 2.05) is 23.1 Å². The standard InChI is InChI=1S/C13H16ClNO3/c14-10-4-1-2-5-11(10)15-7-3-6-13(18,9-15)8-12(16)17/h1-2,4-5,18H,3,6-9H2,(H,16,17). The van der Waals surface area contributed by atoms with Crippen LogP contribution < -0.4 is 4.90 Å². The summed E-state index contributed by atoms with van der Waals surface area (Å²) in [5, 5.41) is 19.8. The molecule has 0 aliphatic carbocycles. The van der Waals surface area contributed by atoms with E-state index in [1.165, 1.54) is 0 Å². The lowest BCUT2D eigenvalue weighted by atomic mass is 9.89. The van der Waals surface area contributed by atoms with Gasteiger partial charge in [-0.1, -0.05) is 23.7 Å². The average molecular weight is 270 g/mol. The van der Waals surface area contributed by atoms with E-state index >= 15 is 0 Å². The Morgan fingerprint density at radius 1 is 1.44 bits per heavy atom. The van der Waals surface area contributed by atoms with Gasteiger partial charge in [0.15, 0.2) is 0 Å². The van der Waals surface area contributed by atoms with Crippen molar-refractivity contribution in [1.82, 2.24) is 0 Å². The predicted octanol–water partition coefficient (Wildman–Crippen LogP) is 2.15. The minimum absolute atomic E-state index is 0.228. The number of benzene rings is 1. The molecule has 0 radical (unpaired) electrons. The third-order valence-corrected chi connectivity index (χ3v) is 3.55. The van der Waals surface area contributed by atoms with Crippen molar-refractivity contribution in [3.05, 3.63) is 29.3 Å². The molecule has 18 heavy (non-hydrogen) atoms. The van der Waals surface area contributed by atoms with Crippen LogP contribution in [0, 0.1) is 0 Å². The molecule has 1 aromatic carbocycles. The largest absolute Gasteiger partial charge is 0.481 e. The number of halogens is 1. The molecule has 0 amide bonds. The molecule has 0 spiro atoms. The lowest BCUT2D eigenvalue weighted by Gasteiger charge is -2.40. The van der Waals surface area contributed by atoms with Crippen molar-refractivity contribution in [3.63, 3.8) is 0 Å². The normalized spacial score (nSPS) is 24.0. The third-order valence-electron chi connectivity index (χ3n) is 3.23. The van der Waals surface area contributed by atoms with Crippen molar-refractivity contribution in [2.75, 3.05) is 18.0 Å². The maximum atomic E-state index is 10.8. The molecule has 98 valence electrons. The number of carboxylic acid groups (broad SMARTS) is 1. The molecule has 1 heterocycles. The van der Waals surface area contributed by atoms with Crippen LogP contribution in [-0.4, -0.2) is 34.9 Å². The number of piperidine rings is 1. The molecule has 1 atom stereocenters. The number of para-hydroxylation sites is 1. The van der Waals surface area contributed by atoms with Crippen molar-refractivity contribution in [2.45, 2.75) is 24.9 Å². The second kappa shape index (κ2) is 5.16. The second-order valence-electron chi connectivity index (χ2n) is 4.77. The number of rotatable bonds is 3. The molecule has 1 aromatic rings. The van der Waals surface area contributed by atoms with Gasteiger partial charge in [0.1, 0.15) is 0 Å². The summed E-state index contributed by atoms with van der Waals surface area (Å²) in [6.07, 6.45) is 1.04. The minimum Gasteiger partial charge on any atom is -0.481 e. The van der Waals surface area contributed by atoms with Crippen LogP contribution in [0.25, 0.3) is 0 Å². The van der Waals surface area contributed by atoms with Crippen LogP contribution in [0.1, 0.15) is 19.3 Å². The summed E-state index contributed by atoms with van der Waals surface area (Å²) in [5.74, 6) is -0.974. The number of aliphatic carboxylic acids is 1. The van der Waals surface area contributed by atoms with E-state index in [2.05, 4.69) is 0 Å². The van der Waals surface area contributed by atoms with Crippen molar-refractivity contribution in [1.29, 1.82) is 0 Å². The Balaban J connectivity index is 2.16. The lowest BCUT2D eigenvalue weighted by Crippen LogP contribution is -2.49. The van der Waals surface area contributed by atoms with Crippen LogP contribution in [0.2, 0.25) is 5.02 Å². The molecule has 2 rings (SSSR count). The van der Waals surface area contributed by atoms with E-state index in [1.54, 1.807) is 6.07 Å². The molecule has 2 N–H and O–H groups in total.